The van der Waals surface area contributed by atoms with Crippen molar-refractivity contribution in [1.82, 2.24) is 5.32 Å². The fourth-order valence-corrected chi connectivity index (χ4v) is 3.32. The topological polar surface area (TPSA) is 47.6 Å². The molecule has 2 aliphatic rings. The van der Waals surface area contributed by atoms with Crippen LogP contribution in [0.2, 0.25) is 0 Å². The molecule has 1 unspecified atom stereocenters. The van der Waals surface area contributed by atoms with Crippen LogP contribution >= 0.6 is 0 Å². The van der Waals surface area contributed by atoms with Crippen LogP contribution in [0.1, 0.15) is 39.5 Å². The van der Waals surface area contributed by atoms with Crippen molar-refractivity contribution in [3.63, 3.8) is 0 Å². The van der Waals surface area contributed by atoms with E-state index in [0.29, 0.717) is 13.2 Å². The van der Waals surface area contributed by atoms with E-state index in [9.17, 15) is 4.79 Å². The molecule has 4 heteroatoms. The number of ether oxygens (including phenoxy) is 2. The molecule has 1 aliphatic heterocycles. The van der Waals surface area contributed by atoms with E-state index in [1.54, 1.807) is 6.92 Å². The molecule has 0 aromatic carbocycles. The maximum atomic E-state index is 11.7. The van der Waals surface area contributed by atoms with Gasteiger partial charge in [-0.1, -0.05) is 6.92 Å². The molecule has 1 aliphatic carbocycles. The van der Waals surface area contributed by atoms with Crippen molar-refractivity contribution >= 4 is 5.78 Å². The molecule has 17 heavy (non-hydrogen) atoms. The predicted octanol–water partition coefficient (Wildman–Crippen LogP) is 1.49. The molecule has 2 fully saturated rings. The summed E-state index contributed by atoms with van der Waals surface area (Å²) in [6.07, 6.45) is 3.74. The second-order valence-electron chi connectivity index (χ2n) is 5.59. The molecule has 1 N–H and O–H groups in total. The minimum absolute atomic E-state index is 0.0289. The van der Waals surface area contributed by atoms with Crippen molar-refractivity contribution in [3.05, 3.63) is 0 Å². The molecule has 1 atom stereocenters. The van der Waals surface area contributed by atoms with Gasteiger partial charge in [-0.15, -0.1) is 0 Å². The van der Waals surface area contributed by atoms with Gasteiger partial charge in [-0.25, -0.2) is 0 Å². The highest BCUT2D eigenvalue weighted by Crippen LogP contribution is 2.46. The van der Waals surface area contributed by atoms with E-state index in [1.807, 2.05) is 7.05 Å². The SMILES string of the molecule is CNC(C(C)=O)C1(C)CCC2(CC1)OCCO2. The number of Topliss-reactive ketones (excluding diaryl/α,β-unsaturated/α-hetero) is 1. The van der Waals surface area contributed by atoms with Crippen LogP contribution in [0.4, 0.5) is 0 Å². The zero-order valence-corrected chi connectivity index (χ0v) is 11.0. The third-order valence-electron chi connectivity index (χ3n) is 4.36. The molecular formula is C13H23NO3. The first kappa shape index (κ1) is 13.0. The van der Waals surface area contributed by atoms with Gasteiger partial charge in [0, 0.05) is 12.8 Å². The number of carbonyl (C=O) groups is 1. The Morgan fingerprint density at radius 2 is 1.71 bits per heavy atom. The molecule has 4 nitrogen and oxygen atoms in total. The van der Waals surface area contributed by atoms with Crippen LogP contribution in [0.5, 0.6) is 0 Å². The first-order valence-corrected chi connectivity index (χ1v) is 6.47. The zero-order chi connectivity index (χ0) is 12.5. The first-order chi connectivity index (χ1) is 8.01. The summed E-state index contributed by atoms with van der Waals surface area (Å²) < 4.78 is 11.4. The zero-order valence-electron chi connectivity index (χ0n) is 11.0. The molecule has 2 rings (SSSR count). The first-order valence-electron chi connectivity index (χ1n) is 6.47. The predicted molar refractivity (Wildman–Crippen MR) is 64.7 cm³/mol. The molecule has 0 amide bonds. The molecule has 0 bridgehead atoms. The van der Waals surface area contributed by atoms with Crippen LogP contribution < -0.4 is 5.32 Å². The highest BCUT2D eigenvalue weighted by atomic mass is 16.7. The van der Waals surface area contributed by atoms with Crippen molar-refractivity contribution in [1.29, 1.82) is 0 Å². The van der Waals surface area contributed by atoms with Crippen LogP contribution in [0.15, 0.2) is 0 Å². The average Bonchev–Trinajstić information content (AvgIpc) is 2.73. The van der Waals surface area contributed by atoms with Gasteiger partial charge in [0.25, 0.3) is 0 Å². The summed E-state index contributed by atoms with van der Waals surface area (Å²) in [6.45, 7) is 5.27. The third-order valence-corrected chi connectivity index (χ3v) is 4.36. The van der Waals surface area contributed by atoms with Crippen LogP contribution in [0, 0.1) is 5.41 Å². The van der Waals surface area contributed by atoms with E-state index in [2.05, 4.69) is 12.2 Å². The minimum atomic E-state index is -0.339. The van der Waals surface area contributed by atoms with Crippen molar-refractivity contribution in [2.45, 2.75) is 51.4 Å². The number of ketones is 1. The maximum absolute atomic E-state index is 11.7. The number of carbonyl (C=O) groups excluding carboxylic acids is 1. The lowest BCUT2D eigenvalue weighted by Gasteiger charge is -2.45. The van der Waals surface area contributed by atoms with Crippen LogP contribution in [-0.2, 0) is 14.3 Å². The minimum Gasteiger partial charge on any atom is -0.348 e. The summed E-state index contributed by atoms with van der Waals surface area (Å²) >= 11 is 0. The Kier molecular flexibility index (Phi) is 3.57. The Hall–Kier alpha value is -0.450. The highest BCUT2D eigenvalue weighted by Gasteiger charge is 2.47. The molecule has 1 saturated heterocycles. The summed E-state index contributed by atoms with van der Waals surface area (Å²) in [6, 6.07) is -0.0544. The monoisotopic (exact) mass is 241 g/mol. The fourth-order valence-electron chi connectivity index (χ4n) is 3.32. The van der Waals surface area contributed by atoms with E-state index < -0.39 is 0 Å². The van der Waals surface area contributed by atoms with Gasteiger partial charge in [-0.3, -0.25) is 4.79 Å². The summed E-state index contributed by atoms with van der Waals surface area (Å²) in [5, 5.41) is 3.16. The van der Waals surface area contributed by atoms with Gasteiger partial charge in [-0.05, 0) is 32.2 Å². The second kappa shape index (κ2) is 4.67. The second-order valence-corrected chi connectivity index (χ2v) is 5.59. The lowest BCUT2D eigenvalue weighted by atomic mass is 9.68. The van der Waals surface area contributed by atoms with Gasteiger partial charge in [0.2, 0.25) is 0 Å². The number of hydrogen-bond donors (Lipinski definition) is 1. The molecule has 0 aromatic rings. The van der Waals surface area contributed by atoms with Gasteiger partial charge < -0.3 is 14.8 Å². The van der Waals surface area contributed by atoms with Gasteiger partial charge in [0.15, 0.2) is 5.79 Å². The Morgan fingerprint density at radius 3 is 2.12 bits per heavy atom. The van der Waals surface area contributed by atoms with Crippen molar-refractivity contribution < 1.29 is 14.3 Å². The molecule has 0 radical (unpaired) electrons. The average molecular weight is 241 g/mol. The van der Waals surface area contributed by atoms with E-state index in [0.717, 1.165) is 25.7 Å². The number of hydrogen-bond acceptors (Lipinski definition) is 4. The molecular weight excluding hydrogens is 218 g/mol. The van der Waals surface area contributed by atoms with Gasteiger partial charge in [0.1, 0.15) is 5.78 Å². The summed E-state index contributed by atoms with van der Waals surface area (Å²) in [4.78, 5) is 11.7. The lowest BCUT2D eigenvalue weighted by molar-refractivity contribution is -0.192. The molecule has 1 saturated carbocycles. The Balaban J connectivity index is 2.03. The standard InChI is InChI=1S/C13H23NO3/c1-10(15)11(14-3)12(2)4-6-13(7-5-12)16-8-9-17-13/h11,14H,4-9H2,1-3H3. The van der Waals surface area contributed by atoms with Crippen molar-refractivity contribution in [2.24, 2.45) is 5.41 Å². The van der Waals surface area contributed by atoms with Crippen LogP contribution in [0.3, 0.4) is 0 Å². The van der Waals surface area contributed by atoms with Gasteiger partial charge in [-0.2, -0.15) is 0 Å². The summed E-state index contributed by atoms with van der Waals surface area (Å²) in [5.74, 6) is -0.117. The Morgan fingerprint density at radius 1 is 1.18 bits per heavy atom. The third kappa shape index (κ3) is 2.39. The van der Waals surface area contributed by atoms with Crippen molar-refractivity contribution in [2.75, 3.05) is 20.3 Å². The summed E-state index contributed by atoms with van der Waals surface area (Å²) in [7, 11) is 1.87. The van der Waals surface area contributed by atoms with E-state index in [-0.39, 0.29) is 23.0 Å². The van der Waals surface area contributed by atoms with Crippen LogP contribution in [-0.4, -0.2) is 37.9 Å². The molecule has 98 valence electrons. The summed E-state index contributed by atoms with van der Waals surface area (Å²) in [5.41, 5.74) is 0.0289. The largest absolute Gasteiger partial charge is 0.348 e. The Labute approximate surface area is 103 Å². The van der Waals surface area contributed by atoms with E-state index in [1.165, 1.54) is 0 Å². The van der Waals surface area contributed by atoms with E-state index >= 15 is 0 Å². The van der Waals surface area contributed by atoms with E-state index in [4.69, 9.17) is 9.47 Å². The Bertz CT molecular complexity index is 287. The smallest absolute Gasteiger partial charge is 0.168 e. The normalized spacial score (nSPS) is 28.2. The van der Waals surface area contributed by atoms with Gasteiger partial charge >= 0.3 is 0 Å². The lowest BCUT2D eigenvalue weighted by Crippen LogP contribution is -2.51. The number of rotatable bonds is 3. The fraction of sp³-hybridized carbons (Fsp3) is 0.923. The number of nitrogens with one attached hydrogen (secondary N) is 1. The van der Waals surface area contributed by atoms with Crippen molar-refractivity contribution in [3.8, 4) is 0 Å². The van der Waals surface area contributed by atoms with Crippen LogP contribution in [0.25, 0.3) is 0 Å². The number of likely N-dealkylation sites (N-methyl/N-ethyl adjacent to an activating group) is 1. The molecule has 0 aromatic heterocycles. The quantitative estimate of drug-likeness (QED) is 0.813. The molecule has 1 spiro atoms. The molecule has 1 heterocycles. The van der Waals surface area contributed by atoms with Gasteiger partial charge in [0.05, 0.1) is 19.3 Å². The maximum Gasteiger partial charge on any atom is 0.168 e. The highest BCUT2D eigenvalue weighted by molar-refractivity contribution is 5.82.